The van der Waals surface area contributed by atoms with E-state index >= 15 is 0 Å². The summed E-state index contributed by atoms with van der Waals surface area (Å²) in [6.07, 6.45) is 2.71. The Morgan fingerprint density at radius 3 is 2.31 bits per heavy atom. The van der Waals surface area contributed by atoms with Crippen molar-refractivity contribution >= 4 is 27.0 Å². The lowest BCUT2D eigenvalue weighted by molar-refractivity contribution is 0.267. The summed E-state index contributed by atoms with van der Waals surface area (Å²) in [5.74, 6) is 0.323. The van der Waals surface area contributed by atoms with E-state index in [0.29, 0.717) is 4.99 Å². The maximum atomic E-state index is 11.4. The first-order valence-corrected chi connectivity index (χ1v) is 6.65. The molecule has 2 N–H and O–H groups in total. The third kappa shape index (κ3) is 2.20. The van der Waals surface area contributed by atoms with E-state index in [-0.39, 0.29) is 16.9 Å². The molecule has 0 amide bonds. The van der Waals surface area contributed by atoms with Gasteiger partial charge in [-0.05, 0) is 12.8 Å². The number of hydrogen-bond donors (Lipinski definition) is 1. The predicted octanol–water partition coefficient (Wildman–Crippen LogP) is 0.878. The van der Waals surface area contributed by atoms with E-state index < -0.39 is 9.84 Å². The first-order chi connectivity index (χ1) is 5.92. The zero-order valence-corrected chi connectivity index (χ0v) is 9.38. The summed E-state index contributed by atoms with van der Waals surface area (Å²) in [4.78, 5) is 0.371. The van der Waals surface area contributed by atoms with Gasteiger partial charge < -0.3 is 5.73 Å². The SMILES string of the molecule is CCS(=O)(=O)CC1(C(N)=S)CCC1. The fourth-order valence-corrected chi connectivity index (χ4v) is 3.45. The second-order valence-corrected chi connectivity index (χ2v) is 6.47. The van der Waals surface area contributed by atoms with Gasteiger partial charge in [-0.15, -0.1) is 0 Å². The molecule has 76 valence electrons. The van der Waals surface area contributed by atoms with Crippen LogP contribution in [0.1, 0.15) is 26.2 Å². The standard InChI is InChI=1S/C8H15NO2S2/c1-2-13(10,11)6-8(7(9)12)4-3-5-8/h2-6H2,1H3,(H2,9,12). The summed E-state index contributed by atoms with van der Waals surface area (Å²) in [5, 5.41) is 0. The highest BCUT2D eigenvalue weighted by molar-refractivity contribution is 7.91. The molecule has 0 unspecified atom stereocenters. The van der Waals surface area contributed by atoms with Gasteiger partial charge in [0.15, 0.2) is 9.84 Å². The molecule has 3 nitrogen and oxygen atoms in total. The van der Waals surface area contributed by atoms with Gasteiger partial charge in [0.1, 0.15) is 0 Å². The monoisotopic (exact) mass is 221 g/mol. The van der Waals surface area contributed by atoms with Crippen LogP contribution in [0.4, 0.5) is 0 Å². The van der Waals surface area contributed by atoms with Crippen LogP contribution in [0.3, 0.4) is 0 Å². The molecule has 0 heterocycles. The first-order valence-electron chi connectivity index (χ1n) is 4.42. The van der Waals surface area contributed by atoms with Crippen LogP contribution in [0.2, 0.25) is 0 Å². The van der Waals surface area contributed by atoms with Crippen LogP contribution in [-0.2, 0) is 9.84 Å². The van der Waals surface area contributed by atoms with E-state index in [4.69, 9.17) is 18.0 Å². The Balaban J connectivity index is 2.76. The molecular formula is C8H15NO2S2. The maximum Gasteiger partial charge on any atom is 0.151 e. The largest absolute Gasteiger partial charge is 0.393 e. The van der Waals surface area contributed by atoms with E-state index in [0.717, 1.165) is 19.3 Å². The highest BCUT2D eigenvalue weighted by Gasteiger charge is 2.43. The number of thiocarbonyl (C=S) groups is 1. The minimum atomic E-state index is -2.95. The highest BCUT2D eigenvalue weighted by Crippen LogP contribution is 2.42. The first kappa shape index (κ1) is 10.9. The van der Waals surface area contributed by atoms with Crippen molar-refractivity contribution in [2.24, 2.45) is 11.1 Å². The van der Waals surface area contributed by atoms with Gasteiger partial charge in [-0.3, -0.25) is 0 Å². The van der Waals surface area contributed by atoms with Gasteiger partial charge in [0.25, 0.3) is 0 Å². The molecule has 1 rings (SSSR count). The molecule has 0 aromatic carbocycles. The molecule has 1 aliphatic carbocycles. The highest BCUT2D eigenvalue weighted by atomic mass is 32.2. The van der Waals surface area contributed by atoms with Crippen molar-refractivity contribution < 1.29 is 8.42 Å². The summed E-state index contributed by atoms with van der Waals surface area (Å²) in [6.45, 7) is 1.65. The van der Waals surface area contributed by atoms with Crippen LogP contribution in [-0.4, -0.2) is 24.9 Å². The Kier molecular flexibility index (Phi) is 2.97. The van der Waals surface area contributed by atoms with Gasteiger partial charge in [0.2, 0.25) is 0 Å². The summed E-state index contributed by atoms with van der Waals surface area (Å²) >= 11 is 4.91. The lowest BCUT2D eigenvalue weighted by Gasteiger charge is -2.40. The van der Waals surface area contributed by atoms with Crippen molar-refractivity contribution in [3.05, 3.63) is 0 Å². The van der Waals surface area contributed by atoms with Gasteiger partial charge in [0.05, 0.1) is 10.7 Å². The molecule has 0 atom stereocenters. The minimum absolute atomic E-state index is 0.145. The van der Waals surface area contributed by atoms with Gasteiger partial charge in [-0.25, -0.2) is 8.42 Å². The molecule has 0 radical (unpaired) electrons. The molecule has 1 fully saturated rings. The molecule has 1 aliphatic rings. The average molecular weight is 221 g/mol. The second-order valence-electron chi connectivity index (χ2n) is 3.67. The normalized spacial score (nSPS) is 20.7. The van der Waals surface area contributed by atoms with Crippen molar-refractivity contribution in [2.75, 3.05) is 11.5 Å². The molecule has 0 saturated heterocycles. The molecule has 0 aromatic rings. The van der Waals surface area contributed by atoms with Crippen LogP contribution in [0.25, 0.3) is 0 Å². The Hall–Kier alpha value is -0.160. The summed E-state index contributed by atoms with van der Waals surface area (Å²) < 4.78 is 22.8. The van der Waals surface area contributed by atoms with Gasteiger partial charge in [-0.1, -0.05) is 25.6 Å². The second kappa shape index (κ2) is 3.53. The van der Waals surface area contributed by atoms with E-state index in [2.05, 4.69) is 0 Å². The molecule has 0 aromatic heterocycles. The van der Waals surface area contributed by atoms with E-state index in [9.17, 15) is 8.42 Å². The molecular weight excluding hydrogens is 206 g/mol. The fraction of sp³-hybridized carbons (Fsp3) is 0.875. The lowest BCUT2D eigenvalue weighted by atomic mass is 9.70. The van der Waals surface area contributed by atoms with Crippen molar-refractivity contribution in [1.82, 2.24) is 0 Å². The van der Waals surface area contributed by atoms with E-state index in [1.54, 1.807) is 6.92 Å². The van der Waals surface area contributed by atoms with Crippen LogP contribution in [0, 0.1) is 5.41 Å². The van der Waals surface area contributed by atoms with Crippen molar-refractivity contribution in [3.8, 4) is 0 Å². The number of hydrogen-bond acceptors (Lipinski definition) is 3. The Bertz CT molecular complexity index is 304. The molecule has 13 heavy (non-hydrogen) atoms. The topological polar surface area (TPSA) is 60.2 Å². The predicted molar refractivity (Wildman–Crippen MR) is 57.4 cm³/mol. The van der Waals surface area contributed by atoms with Crippen LogP contribution in [0.5, 0.6) is 0 Å². The van der Waals surface area contributed by atoms with E-state index in [1.807, 2.05) is 0 Å². The van der Waals surface area contributed by atoms with Crippen LogP contribution >= 0.6 is 12.2 Å². The third-order valence-electron chi connectivity index (χ3n) is 2.77. The van der Waals surface area contributed by atoms with Gasteiger partial charge in [-0.2, -0.15) is 0 Å². The summed E-state index contributed by atoms with van der Waals surface area (Å²) in [7, 11) is -2.95. The van der Waals surface area contributed by atoms with Crippen molar-refractivity contribution in [3.63, 3.8) is 0 Å². The molecule has 1 saturated carbocycles. The molecule has 5 heteroatoms. The zero-order chi connectivity index (χ0) is 10.1. The third-order valence-corrected chi connectivity index (χ3v) is 5.07. The Labute approximate surface area is 84.6 Å². The minimum Gasteiger partial charge on any atom is -0.393 e. The molecule has 0 bridgehead atoms. The van der Waals surface area contributed by atoms with Crippen LogP contribution < -0.4 is 5.73 Å². The van der Waals surface area contributed by atoms with E-state index in [1.165, 1.54) is 0 Å². The molecule has 0 spiro atoms. The smallest absolute Gasteiger partial charge is 0.151 e. The molecule has 0 aliphatic heterocycles. The lowest BCUT2D eigenvalue weighted by Crippen LogP contribution is -2.46. The Morgan fingerprint density at radius 1 is 1.54 bits per heavy atom. The van der Waals surface area contributed by atoms with Gasteiger partial charge >= 0.3 is 0 Å². The number of rotatable bonds is 4. The zero-order valence-electron chi connectivity index (χ0n) is 7.75. The number of nitrogens with two attached hydrogens (primary N) is 1. The number of sulfone groups is 1. The van der Waals surface area contributed by atoms with Gasteiger partial charge in [0, 0.05) is 11.2 Å². The maximum absolute atomic E-state index is 11.4. The van der Waals surface area contributed by atoms with Crippen LogP contribution in [0.15, 0.2) is 0 Å². The quantitative estimate of drug-likeness (QED) is 0.716. The average Bonchev–Trinajstić information content (AvgIpc) is 1.96. The fourth-order valence-electron chi connectivity index (χ4n) is 1.59. The van der Waals surface area contributed by atoms with Crippen molar-refractivity contribution in [2.45, 2.75) is 26.2 Å². The summed E-state index contributed by atoms with van der Waals surface area (Å²) in [6, 6.07) is 0. The Morgan fingerprint density at radius 2 is 2.08 bits per heavy atom. The van der Waals surface area contributed by atoms with Crippen molar-refractivity contribution in [1.29, 1.82) is 0 Å². The summed E-state index contributed by atoms with van der Waals surface area (Å²) in [5.41, 5.74) is 5.19.